The molecule has 0 saturated heterocycles. The van der Waals surface area contributed by atoms with Gasteiger partial charge >= 0.3 is 11.6 Å². The molecule has 0 spiro atoms. The number of hydrogen-bond donors (Lipinski definition) is 1. The van der Waals surface area contributed by atoms with Gasteiger partial charge < -0.3 is 10.1 Å². The van der Waals surface area contributed by atoms with E-state index in [0.29, 0.717) is 10.0 Å². The Hall–Kier alpha value is -2.12. The normalized spacial score (nSPS) is 10.2. The fraction of sp³-hybridized carbons (Fsp3) is 0.0909. The molecule has 104 valence electrons. The summed E-state index contributed by atoms with van der Waals surface area (Å²) in [6.07, 6.45) is 1.06. The van der Waals surface area contributed by atoms with Crippen LogP contribution >= 0.6 is 23.2 Å². The average Bonchev–Trinajstić information content (AvgIpc) is 2.37. The van der Waals surface area contributed by atoms with Crippen LogP contribution in [-0.2, 0) is 0 Å². The van der Waals surface area contributed by atoms with E-state index in [1.165, 1.54) is 18.2 Å². The summed E-state index contributed by atoms with van der Waals surface area (Å²) >= 11 is 11.7. The minimum Gasteiger partial charge on any atom is -0.433 e. The first kappa shape index (κ1) is 14.3. The van der Waals surface area contributed by atoms with Crippen LogP contribution in [-0.4, -0.2) is 21.9 Å². The summed E-state index contributed by atoms with van der Waals surface area (Å²) in [6, 6.07) is 4.46. The van der Waals surface area contributed by atoms with Crippen LogP contribution in [0.15, 0.2) is 24.4 Å². The molecule has 0 unspecified atom stereocenters. The number of nitro groups is 1. The molecule has 0 radical (unpaired) electrons. The number of anilines is 1. The van der Waals surface area contributed by atoms with Gasteiger partial charge in [0, 0.05) is 17.1 Å². The Bertz CT molecular complexity index is 646. The molecule has 1 aromatic carbocycles. The molecule has 20 heavy (non-hydrogen) atoms. The van der Waals surface area contributed by atoms with Crippen molar-refractivity contribution < 1.29 is 9.66 Å². The van der Waals surface area contributed by atoms with E-state index in [-0.39, 0.29) is 23.3 Å². The first-order chi connectivity index (χ1) is 9.49. The highest BCUT2D eigenvalue weighted by molar-refractivity contribution is 6.34. The predicted molar refractivity (Wildman–Crippen MR) is 74.8 cm³/mol. The molecule has 2 aromatic rings. The van der Waals surface area contributed by atoms with Gasteiger partial charge in [-0.1, -0.05) is 23.2 Å². The van der Waals surface area contributed by atoms with Crippen LogP contribution in [0.1, 0.15) is 0 Å². The van der Waals surface area contributed by atoms with Crippen LogP contribution < -0.4 is 10.1 Å². The quantitative estimate of drug-likeness (QED) is 0.685. The summed E-state index contributed by atoms with van der Waals surface area (Å²) < 4.78 is 5.37. The number of benzene rings is 1. The van der Waals surface area contributed by atoms with Gasteiger partial charge in [-0.2, -0.15) is 4.98 Å². The predicted octanol–water partition coefficient (Wildman–Crippen LogP) is 3.53. The second-order valence-corrected chi connectivity index (χ2v) is 4.47. The minimum atomic E-state index is -0.638. The van der Waals surface area contributed by atoms with E-state index in [1.54, 1.807) is 7.05 Å². The Morgan fingerprint density at radius 2 is 1.95 bits per heavy atom. The van der Waals surface area contributed by atoms with Gasteiger partial charge in [0.25, 0.3) is 0 Å². The molecule has 0 aliphatic heterocycles. The number of nitrogens with one attached hydrogen (secondary N) is 1. The molecule has 0 amide bonds. The van der Waals surface area contributed by atoms with Crippen molar-refractivity contribution in [2.45, 2.75) is 0 Å². The fourth-order valence-corrected chi connectivity index (χ4v) is 1.89. The maximum Gasteiger partial charge on any atom is 0.349 e. The van der Waals surface area contributed by atoms with E-state index in [2.05, 4.69) is 15.3 Å². The molecule has 0 saturated carbocycles. The molecule has 9 heteroatoms. The maximum atomic E-state index is 10.9. The number of nitrogens with zero attached hydrogens (tertiary/aromatic N) is 3. The van der Waals surface area contributed by atoms with E-state index < -0.39 is 4.92 Å². The van der Waals surface area contributed by atoms with E-state index in [1.807, 2.05) is 0 Å². The summed E-state index contributed by atoms with van der Waals surface area (Å²) in [6.45, 7) is 0. The molecule has 2 rings (SSSR count). The molecular weight excluding hydrogens is 307 g/mol. The van der Waals surface area contributed by atoms with Crippen molar-refractivity contribution in [3.63, 3.8) is 0 Å². The lowest BCUT2D eigenvalue weighted by Crippen LogP contribution is -2.02. The SMILES string of the molecule is CNc1ncc([N+](=O)[O-])c(Oc2cc(Cl)cc(Cl)c2)n1. The number of ether oxygens (including phenoxy) is 1. The van der Waals surface area contributed by atoms with E-state index in [0.717, 1.165) is 6.20 Å². The van der Waals surface area contributed by atoms with Crippen LogP contribution in [0.4, 0.5) is 11.6 Å². The molecule has 0 aliphatic carbocycles. The zero-order valence-electron chi connectivity index (χ0n) is 10.1. The van der Waals surface area contributed by atoms with Crippen LogP contribution in [0.2, 0.25) is 10.0 Å². The van der Waals surface area contributed by atoms with Crippen molar-refractivity contribution in [3.05, 3.63) is 44.6 Å². The molecule has 1 N–H and O–H groups in total. The Kier molecular flexibility index (Phi) is 4.21. The Labute approximate surface area is 123 Å². The Balaban J connectivity index is 2.42. The summed E-state index contributed by atoms with van der Waals surface area (Å²) in [5.74, 6) is 0.234. The fourth-order valence-electron chi connectivity index (χ4n) is 1.38. The Morgan fingerprint density at radius 1 is 1.30 bits per heavy atom. The second kappa shape index (κ2) is 5.89. The summed E-state index contributed by atoms with van der Waals surface area (Å²) in [5.41, 5.74) is -0.361. The average molecular weight is 315 g/mol. The number of aromatic nitrogens is 2. The van der Waals surface area contributed by atoms with E-state index >= 15 is 0 Å². The van der Waals surface area contributed by atoms with Gasteiger partial charge in [0.2, 0.25) is 5.95 Å². The first-order valence-electron chi connectivity index (χ1n) is 5.32. The third-order valence-corrected chi connectivity index (χ3v) is 2.64. The lowest BCUT2D eigenvalue weighted by Gasteiger charge is -2.07. The number of hydrogen-bond acceptors (Lipinski definition) is 6. The third-order valence-electron chi connectivity index (χ3n) is 2.21. The van der Waals surface area contributed by atoms with E-state index in [9.17, 15) is 10.1 Å². The smallest absolute Gasteiger partial charge is 0.349 e. The largest absolute Gasteiger partial charge is 0.433 e. The van der Waals surface area contributed by atoms with Gasteiger partial charge in [-0.25, -0.2) is 4.98 Å². The van der Waals surface area contributed by atoms with Crippen LogP contribution in [0.3, 0.4) is 0 Å². The molecular formula is C11H8Cl2N4O3. The highest BCUT2D eigenvalue weighted by atomic mass is 35.5. The molecule has 0 atom stereocenters. The monoisotopic (exact) mass is 314 g/mol. The van der Waals surface area contributed by atoms with Gasteiger partial charge in [-0.3, -0.25) is 10.1 Å². The van der Waals surface area contributed by atoms with Gasteiger partial charge in [-0.15, -0.1) is 0 Å². The summed E-state index contributed by atoms with van der Waals surface area (Å²) in [5, 5.41) is 14.3. The topological polar surface area (TPSA) is 90.2 Å². The number of halogens is 2. The molecule has 1 heterocycles. The van der Waals surface area contributed by atoms with Crippen LogP contribution in [0.5, 0.6) is 11.6 Å². The van der Waals surface area contributed by atoms with Crippen LogP contribution in [0.25, 0.3) is 0 Å². The number of rotatable bonds is 4. The maximum absolute atomic E-state index is 10.9. The Morgan fingerprint density at radius 3 is 2.50 bits per heavy atom. The molecule has 0 aliphatic rings. The second-order valence-electron chi connectivity index (χ2n) is 3.60. The highest BCUT2D eigenvalue weighted by Gasteiger charge is 2.19. The molecule has 0 fully saturated rings. The van der Waals surface area contributed by atoms with Crippen molar-refractivity contribution in [2.24, 2.45) is 0 Å². The molecule has 1 aromatic heterocycles. The molecule has 7 nitrogen and oxygen atoms in total. The lowest BCUT2D eigenvalue weighted by atomic mass is 10.3. The standard InChI is InChI=1S/C11H8Cl2N4O3/c1-14-11-15-5-9(17(18)19)10(16-11)20-8-3-6(12)2-7(13)4-8/h2-5H,1H3,(H,14,15,16). The summed E-state index contributed by atoms with van der Waals surface area (Å²) in [4.78, 5) is 17.9. The molecule has 0 bridgehead atoms. The van der Waals surface area contributed by atoms with Crippen molar-refractivity contribution in [1.29, 1.82) is 0 Å². The van der Waals surface area contributed by atoms with Crippen molar-refractivity contribution in [1.82, 2.24) is 9.97 Å². The lowest BCUT2D eigenvalue weighted by molar-refractivity contribution is -0.386. The highest BCUT2D eigenvalue weighted by Crippen LogP contribution is 2.32. The zero-order valence-corrected chi connectivity index (χ0v) is 11.6. The van der Waals surface area contributed by atoms with Crippen LogP contribution in [0, 0.1) is 10.1 Å². The van der Waals surface area contributed by atoms with Crippen molar-refractivity contribution in [3.8, 4) is 11.6 Å². The van der Waals surface area contributed by atoms with Gasteiger partial charge in [0.05, 0.1) is 4.92 Å². The van der Waals surface area contributed by atoms with Gasteiger partial charge in [0.15, 0.2) is 0 Å². The van der Waals surface area contributed by atoms with Gasteiger partial charge in [0.1, 0.15) is 11.9 Å². The first-order valence-corrected chi connectivity index (χ1v) is 6.08. The van der Waals surface area contributed by atoms with Crippen molar-refractivity contribution >= 4 is 34.8 Å². The third kappa shape index (κ3) is 3.25. The summed E-state index contributed by atoms with van der Waals surface area (Å²) in [7, 11) is 1.58. The minimum absolute atomic E-state index is 0.193. The van der Waals surface area contributed by atoms with Gasteiger partial charge in [-0.05, 0) is 18.2 Å². The van der Waals surface area contributed by atoms with Crippen molar-refractivity contribution in [2.75, 3.05) is 12.4 Å². The van der Waals surface area contributed by atoms with E-state index in [4.69, 9.17) is 27.9 Å². The zero-order chi connectivity index (χ0) is 14.7.